The number of rotatable bonds is 4. The second kappa shape index (κ2) is 8.16. The number of piperidine rings is 1. The topological polar surface area (TPSA) is 105 Å². The second-order valence-corrected chi connectivity index (χ2v) is 7.83. The molecule has 0 aliphatic carbocycles. The summed E-state index contributed by atoms with van der Waals surface area (Å²) < 4.78 is 26.4. The molecule has 1 saturated heterocycles. The Morgan fingerprint density at radius 1 is 1.36 bits per heavy atom. The summed E-state index contributed by atoms with van der Waals surface area (Å²) in [5, 5.41) is 0. The first-order chi connectivity index (χ1) is 11.5. The quantitative estimate of drug-likeness (QED) is 0.749. The lowest BCUT2D eigenvalue weighted by Crippen LogP contribution is -2.45. The van der Waals surface area contributed by atoms with Crippen LogP contribution < -0.4 is 10.5 Å². The van der Waals surface area contributed by atoms with Crippen molar-refractivity contribution in [3.8, 4) is 0 Å². The summed E-state index contributed by atoms with van der Waals surface area (Å²) in [7, 11) is -3.50. The number of likely N-dealkylation sites (tertiary alicyclic amines) is 1. The van der Waals surface area contributed by atoms with E-state index in [-0.39, 0.29) is 29.3 Å². The molecule has 1 fully saturated rings. The number of hydrogen-bond donors (Lipinski definition) is 2. The molecule has 1 atom stereocenters. The first-order valence-electron chi connectivity index (χ1n) is 8.17. The third kappa shape index (κ3) is 4.50. The highest BCUT2D eigenvalue weighted by molar-refractivity contribution is 7.90. The molecule has 0 bridgehead atoms. The Balaban J connectivity index is 0.00000225. The maximum absolute atomic E-state index is 12.2. The highest BCUT2D eigenvalue weighted by atomic mass is 35.5. The molecule has 0 saturated carbocycles. The van der Waals surface area contributed by atoms with Crippen LogP contribution in [-0.2, 0) is 14.8 Å². The molecule has 7 nitrogen and oxygen atoms in total. The van der Waals surface area contributed by atoms with E-state index in [9.17, 15) is 13.2 Å². The fourth-order valence-electron chi connectivity index (χ4n) is 3.07. The van der Waals surface area contributed by atoms with E-state index in [1.54, 1.807) is 24.3 Å². The Labute approximate surface area is 154 Å². The van der Waals surface area contributed by atoms with Crippen LogP contribution in [0.5, 0.6) is 0 Å². The Bertz CT molecular complexity index is 766. The van der Waals surface area contributed by atoms with Gasteiger partial charge in [-0.3, -0.25) is 14.5 Å². The molecular weight excluding hydrogens is 364 g/mol. The van der Waals surface area contributed by atoms with Crippen LogP contribution in [0.25, 0.3) is 0 Å². The van der Waals surface area contributed by atoms with Crippen molar-refractivity contribution in [1.29, 1.82) is 0 Å². The smallest absolute Gasteiger partial charge is 0.263 e. The van der Waals surface area contributed by atoms with Gasteiger partial charge in [0.25, 0.3) is 10.0 Å². The van der Waals surface area contributed by atoms with Crippen molar-refractivity contribution in [2.24, 2.45) is 10.7 Å². The van der Waals surface area contributed by atoms with Crippen molar-refractivity contribution in [2.45, 2.75) is 36.6 Å². The fraction of sp³-hybridized carbons (Fsp3) is 0.500. The zero-order valence-electron chi connectivity index (χ0n) is 13.8. The van der Waals surface area contributed by atoms with Crippen molar-refractivity contribution < 1.29 is 13.2 Å². The molecule has 2 aliphatic rings. The third-order valence-corrected chi connectivity index (χ3v) is 5.69. The third-order valence-electron chi connectivity index (χ3n) is 4.29. The first-order valence-corrected chi connectivity index (χ1v) is 9.66. The van der Waals surface area contributed by atoms with Crippen LogP contribution in [0, 0.1) is 0 Å². The molecule has 0 aromatic heterocycles. The fourth-order valence-corrected chi connectivity index (χ4v) is 4.32. The van der Waals surface area contributed by atoms with Gasteiger partial charge in [0, 0.05) is 37.7 Å². The van der Waals surface area contributed by atoms with Gasteiger partial charge in [0.15, 0.2) is 0 Å². The normalized spacial score (nSPS) is 22.8. The van der Waals surface area contributed by atoms with Gasteiger partial charge in [-0.1, -0.05) is 12.1 Å². The highest BCUT2D eigenvalue weighted by Crippen LogP contribution is 2.22. The largest absolute Gasteiger partial charge is 0.341 e. The summed E-state index contributed by atoms with van der Waals surface area (Å²) in [5.74, 6) is 0.454. The molecular formula is C16H23ClN4O3S. The van der Waals surface area contributed by atoms with E-state index in [1.165, 1.54) is 0 Å². The van der Waals surface area contributed by atoms with E-state index in [0.717, 1.165) is 19.4 Å². The van der Waals surface area contributed by atoms with Gasteiger partial charge in [0.2, 0.25) is 5.91 Å². The molecule has 1 aromatic rings. The zero-order chi connectivity index (χ0) is 17.2. The molecule has 138 valence electrons. The van der Waals surface area contributed by atoms with E-state index in [1.807, 2.05) is 4.90 Å². The summed E-state index contributed by atoms with van der Waals surface area (Å²) in [6, 6.07) is 6.82. The van der Waals surface area contributed by atoms with Crippen LogP contribution >= 0.6 is 12.4 Å². The minimum absolute atomic E-state index is 0. The van der Waals surface area contributed by atoms with Crippen molar-refractivity contribution in [1.82, 2.24) is 9.62 Å². The molecule has 1 amide bonds. The minimum Gasteiger partial charge on any atom is -0.341 e. The summed E-state index contributed by atoms with van der Waals surface area (Å²) in [5.41, 5.74) is 6.48. The molecule has 2 heterocycles. The van der Waals surface area contributed by atoms with Crippen LogP contribution in [0.3, 0.4) is 0 Å². The molecule has 0 spiro atoms. The SMILES string of the molecule is Cl.NC1CCCN(C(=O)CCCN=C2NS(=O)(=O)c3ccccc32)C1. The van der Waals surface area contributed by atoms with E-state index in [2.05, 4.69) is 9.71 Å². The van der Waals surface area contributed by atoms with Gasteiger partial charge < -0.3 is 10.6 Å². The van der Waals surface area contributed by atoms with Crippen molar-refractivity contribution in [3.05, 3.63) is 29.8 Å². The zero-order valence-corrected chi connectivity index (χ0v) is 15.5. The number of fused-ring (bicyclic) bond motifs is 1. The molecule has 0 radical (unpaired) electrons. The number of nitrogens with two attached hydrogens (primary N) is 1. The number of hydrogen-bond acceptors (Lipinski definition) is 5. The van der Waals surface area contributed by atoms with Crippen molar-refractivity contribution in [2.75, 3.05) is 19.6 Å². The maximum atomic E-state index is 12.2. The Kier molecular flexibility index (Phi) is 6.42. The number of carbonyl (C=O) groups is 1. The van der Waals surface area contributed by atoms with Gasteiger partial charge in [-0.15, -0.1) is 12.4 Å². The predicted molar refractivity (Wildman–Crippen MR) is 98.4 cm³/mol. The van der Waals surface area contributed by atoms with Gasteiger partial charge in [-0.05, 0) is 31.4 Å². The number of benzene rings is 1. The predicted octanol–water partition coefficient (Wildman–Crippen LogP) is 0.877. The highest BCUT2D eigenvalue weighted by Gasteiger charge is 2.30. The van der Waals surface area contributed by atoms with Gasteiger partial charge >= 0.3 is 0 Å². The van der Waals surface area contributed by atoms with Gasteiger partial charge in [0.1, 0.15) is 5.84 Å². The lowest BCUT2D eigenvalue weighted by Gasteiger charge is -2.30. The summed E-state index contributed by atoms with van der Waals surface area (Å²) >= 11 is 0. The number of carbonyl (C=O) groups excluding carboxylic acids is 1. The molecule has 3 N–H and O–H groups in total. The summed E-state index contributed by atoms with van der Waals surface area (Å²) in [6.07, 6.45) is 2.90. The van der Waals surface area contributed by atoms with Crippen LogP contribution in [0.2, 0.25) is 0 Å². The average molecular weight is 387 g/mol. The lowest BCUT2D eigenvalue weighted by molar-refractivity contribution is -0.132. The van der Waals surface area contributed by atoms with Crippen molar-refractivity contribution >= 4 is 34.2 Å². The Morgan fingerprint density at radius 3 is 2.88 bits per heavy atom. The number of halogens is 1. The van der Waals surface area contributed by atoms with Gasteiger partial charge in [0.05, 0.1) is 4.90 Å². The average Bonchev–Trinajstić information content (AvgIpc) is 2.83. The van der Waals surface area contributed by atoms with E-state index in [0.29, 0.717) is 37.3 Å². The lowest BCUT2D eigenvalue weighted by atomic mass is 10.1. The van der Waals surface area contributed by atoms with E-state index < -0.39 is 10.0 Å². The molecule has 1 aromatic carbocycles. The molecule has 9 heteroatoms. The van der Waals surface area contributed by atoms with Gasteiger partial charge in [-0.25, -0.2) is 8.42 Å². The minimum atomic E-state index is -3.50. The van der Waals surface area contributed by atoms with E-state index in [4.69, 9.17) is 5.73 Å². The summed E-state index contributed by atoms with van der Waals surface area (Å²) in [6.45, 7) is 1.80. The number of amides is 1. The number of sulfonamides is 1. The monoisotopic (exact) mass is 386 g/mol. The van der Waals surface area contributed by atoms with Crippen LogP contribution in [-0.4, -0.2) is 50.7 Å². The maximum Gasteiger partial charge on any atom is 0.263 e. The second-order valence-electron chi connectivity index (χ2n) is 6.18. The van der Waals surface area contributed by atoms with Crippen molar-refractivity contribution in [3.63, 3.8) is 0 Å². The Morgan fingerprint density at radius 2 is 2.12 bits per heavy atom. The number of nitrogens with zero attached hydrogens (tertiary/aromatic N) is 2. The van der Waals surface area contributed by atoms with E-state index >= 15 is 0 Å². The standard InChI is InChI=1S/C16H22N4O3S.ClH/c17-12-5-4-10-20(11-12)15(21)8-3-9-18-16-13-6-1-2-7-14(13)24(22,23)19-16;/h1-2,6-7,12H,3-5,8-11,17H2,(H,18,19);1H. The molecule has 3 rings (SSSR count). The number of nitrogens with one attached hydrogen (secondary N) is 1. The van der Waals surface area contributed by atoms with Gasteiger partial charge in [-0.2, -0.15) is 0 Å². The van der Waals surface area contributed by atoms with Crippen LogP contribution in [0.1, 0.15) is 31.2 Å². The molecule has 1 unspecified atom stereocenters. The molecule has 25 heavy (non-hydrogen) atoms. The number of amidine groups is 1. The number of aliphatic imine (C=N–C) groups is 1. The Hall–Kier alpha value is -1.64. The van der Waals surface area contributed by atoms with Crippen LogP contribution in [0.15, 0.2) is 34.2 Å². The summed E-state index contributed by atoms with van der Waals surface area (Å²) in [4.78, 5) is 18.5. The first kappa shape index (κ1) is 19.7. The molecule has 2 aliphatic heterocycles. The van der Waals surface area contributed by atoms with Crippen LogP contribution in [0.4, 0.5) is 0 Å².